The molecule has 0 aliphatic rings. The molecule has 5 rings (SSSR count). The lowest BCUT2D eigenvalue weighted by atomic mass is 10.1. The maximum absolute atomic E-state index is 12.9. The summed E-state index contributed by atoms with van der Waals surface area (Å²) in [7, 11) is 0. The van der Waals surface area contributed by atoms with Crippen molar-refractivity contribution >= 4 is 28.8 Å². The molecular weight excluding hydrogens is 416 g/mol. The Kier molecular flexibility index (Phi) is 4.68. The highest BCUT2D eigenvalue weighted by atomic mass is 35.5. The number of anilines is 1. The first-order valence-corrected chi connectivity index (χ1v) is 9.77. The van der Waals surface area contributed by atoms with E-state index in [-0.39, 0.29) is 5.91 Å². The molecule has 0 aliphatic heterocycles. The summed E-state index contributed by atoms with van der Waals surface area (Å²) in [5.41, 5.74) is 3.90. The average molecular weight is 431 g/mol. The van der Waals surface area contributed by atoms with Crippen LogP contribution in [0.4, 0.5) is 5.69 Å². The zero-order valence-corrected chi connectivity index (χ0v) is 17.0. The predicted molar refractivity (Wildman–Crippen MR) is 116 cm³/mol. The Morgan fingerprint density at radius 2 is 2.03 bits per heavy atom. The van der Waals surface area contributed by atoms with Crippen LogP contribution < -0.4 is 5.32 Å². The normalized spacial score (nSPS) is 11.0. The van der Waals surface area contributed by atoms with E-state index >= 15 is 0 Å². The quantitative estimate of drug-likeness (QED) is 0.416. The first-order valence-electron chi connectivity index (χ1n) is 9.39. The monoisotopic (exact) mass is 430 g/mol. The fourth-order valence-corrected chi connectivity index (χ4v) is 3.38. The van der Waals surface area contributed by atoms with Crippen molar-refractivity contribution < 1.29 is 9.32 Å². The Balaban J connectivity index is 1.45. The van der Waals surface area contributed by atoms with Crippen molar-refractivity contribution in [2.45, 2.75) is 6.92 Å². The van der Waals surface area contributed by atoms with Gasteiger partial charge < -0.3 is 9.84 Å². The van der Waals surface area contributed by atoms with Crippen molar-refractivity contribution in [3.8, 4) is 22.8 Å². The van der Waals surface area contributed by atoms with E-state index in [1.165, 1.54) is 0 Å². The minimum atomic E-state index is -0.271. The lowest BCUT2D eigenvalue weighted by molar-refractivity contribution is 0.102. The molecule has 0 fully saturated rings. The number of pyridine rings is 2. The van der Waals surface area contributed by atoms with E-state index in [1.54, 1.807) is 41.2 Å². The lowest BCUT2D eigenvalue weighted by Gasteiger charge is -2.09. The van der Waals surface area contributed by atoms with Crippen molar-refractivity contribution in [3.63, 3.8) is 0 Å². The number of fused-ring (bicyclic) bond motifs is 1. The molecule has 152 valence electrons. The number of aromatic nitrogens is 5. The van der Waals surface area contributed by atoms with Gasteiger partial charge in [0.15, 0.2) is 0 Å². The van der Waals surface area contributed by atoms with Gasteiger partial charge in [0.05, 0.1) is 11.8 Å². The number of benzene rings is 1. The molecule has 4 aromatic heterocycles. The molecule has 5 aromatic rings. The molecule has 0 unspecified atom stereocenters. The van der Waals surface area contributed by atoms with Crippen LogP contribution in [0.15, 0.2) is 71.6 Å². The number of rotatable bonds is 4. The lowest BCUT2D eigenvalue weighted by Crippen LogP contribution is -2.15. The molecule has 31 heavy (non-hydrogen) atoms. The second-order valence-corrected chi connectivity index (χ2v) is 7.18. The summed E-state index contributed by atoms with van der Waals surface area (Å²) < 4.78 is 7.15. The zero-order chi connectivity index (χ0) is 21.4. The summed E-state index contributed by atoms with van der Waals surface area (Å²) in [6.07, 6.45) is 4.93. The molecule has 9 heteroatoms. The third kappa shape index (κ3) is 3.53. The molecule has 4 heterocycles. The highest BCUT2D eigenvalue weighted by molar-refractivity contribution is 6.31. The second-order valence-electron chi connectivity index (χ2n) is 6.82. The van der Waals surface area contributed by atoms with Crippen LogP contribution in [0.1, 0.15) is 16.1 Å². The number of hydrogen-bond donors (Lipinski definition) is 1. The van der Waals surface area contributed by atoms with Crippen LogP contribution in [-0.4, -0.2) is 30.4 Å². The highest BCUT2D eigenvalue weighted by Crippen LogP contribution is 2.28. The average Bonchev–Trinajstić information content (AvgIpc) is 3.43. The molecule has 0 spiro atoms. The number of nitrogens with zero attached hydrogens (tertiary/aromatic N) is 5. The Hall–Kier alpha value is -4.04. The van der Waals surface area contributed by atoms with Gasteiger partial charge in [-0.3, -0.25) is 9.20 Å². The van der Waals surface area contributed by atoms with Gasteiger partial charge in [-0.1, -0.05) is 28.9 Å². The van der Waals surface area contributed by atoms with Gasteiger partial charge in [0.25, 0.3) is 11.8 Å². The first kappa shape index (κ1) is 19.0. The van der Waals surface area contributed by atoms with E-state index in [0.29, 0.717) is 45.0 Å². The Bertz CT molecular complexity index is 1420. The predicted octanol–water partition coefficient (Wildman–Crippen LogP) is 4.66. The Labute approximate surface area is 181 Å². The standard InChI is InChI=1S/C22H15ClN6O2/c1-13-7-8-14(22-27-20(28-31-22)15-5-4-9-24-19(15)23)11-16(13)26-21(30)17-12-25-18-6-2-3-10-29(17)18/h2-12H,1H3,(H,26,30). The molecule has 1 amide bonds. The summed E-state index contributed by atoms with van der Waals surface area (Å²) in [5.74, 6) is 0.373. The van der Waals surface area contributed by atoms with Gasteiger partial charge in [-0.05, 0) is 48.9 Å². The van der Waals surface area contributed by atoms with E-state index < -0.39 is 0 Å². The van der Waals surface area contributed by atoms with E-state index in [2.05, 4.69) is 25.4 Å². The molecule has 0 aliphatic carbocycles. The van der Waals surface area contributed by atoms with Crippen molar-refractivity contribution in [1.82, 2.24) is 24.5 Å². The van der Waals surface area contributed by atoms with Crippen molar-refractivity contribution in [1.29, 1.82) is 0 Å². The highest BCUT2D eigenvalue weighted by Gasteiger charge is 2.17. The topological polar surface area (TPSA) is 98.2 Å². The van der Waals surface area contributed by atoms with E-state index in [4.69, 9.17) is 16.1 Å². The number of halogens is 1. The third-order valence-corrected chi connectivity index (χ3v) is 5.11. The van der Waals surface area contributed by atoms with Crippen LogP contribution in [0, 0.1) is 6.92 Å². The number of carbonyl (C=O) groups is 1. The smallest absolute Gasteiger partial charge is 0.274 e. The Morgan fingerprint density at radius 1 is 1.13 bits per heavy atom. The SMILES string of the molecule is Cc1ccc(-c2nc(-c3cccnc3Cl)no2)cc1NC(=O)c1cnc2ccccn12. The van der Waals surface area contributed by atoms with Gasteiger partial charge in [-0.25, -0.2) is 9.97 Å². The molecule has 1 aromatic carbocycles. The van der Waals surface area contributed by atoms with Crippen LogP contribution in [-0.2, 0) is 0 Å². The van der Waals surface area contributed by atoms with Gasteiger partial charge in [-0.15, -0.1) is 0 Å². The van der Waals surface area contributed by atoms with Gasteiger partial charge >= 0.3 is 0 Å². The molecule has 0 bridgehead atoms. The number of imidazole rings is 1. The van der Waals surface area contributed by atoms with Crippen LogP contribution in [0.2, 0.25) is 5.15 Å². The number of aryl methyl sites for hydroxylation is 1. The van der Waals surface area contributed by atoms with Crippen LogP contribution in [0.25, 0.3) is 28.5 Å². The number of amides is 1. The summed E-state index contributed by atoms with van der Waals surface area (Å²) in [4.78, 5) is 25.6. The fraction of sp³-hybridized carbons (Fsp3) is 0.0455. The van der Waals surface area contributed by atoms with Gasteiger partial charge in [0.1, 0.15) is 16.5 Å². The van der Waals surface area contributed by atoms with Gasteiger partial charge in [-0.2, -0.15) is 4.98 Å². The van der Waals surface area contributed by atoms with Crippen molar-refractivity contribution in [2.75, 3.05) is 5.32 Å². The number of hydrogen-bond acceptors (Lipinski definition) is 6. The molecule has 0 atom stereocenters. The summed E-state index contributed by atoms with van der Waals surface area (Å²) in [6.45, 7) is 1.91. The van der Waals surface area contributed by atoms with Crippen LogP contribution >= 0.6 is 11.6 Å². The van der Waals surface area contributed by atoms with Crippen LogP contribution in [0.5, 0.6) is 0 Å². The number of carbonyl (C=O) groups excluding carboxylic acids is 1. The molecular formula is C22H15ClN6O2. The summed E-state index contributed by atoms with van der Waals surface area (Å²) in [5, 5.41) is 7.24. The van der Waals surface area contributed by atoms with Crippen molar-refractivity contribution in [3.05, 3.63) is 83.5 Å². The Morgan fingerprint density at radius 3 is 2.90 bits per heavy atom. The molecule has 0 saturated carbocycles. The van der Waals surface area contributed by atoms with Gasteiger partial charge in [0.2, 0.25) is 5.82 Å². The van der Waals surface area contributed by atoms with E-state index in [1.807, 2.05) is 37.3 Å². The fourth-order valence-electron chi connectivity index (χ4n) is 3.18. The first-order chi connectivity index (χ1) is 15.1. The maximum atomic E-state index is 12.9. The second kappa shape index (κ2) is 7.66. The minimum absolute atomic E-state index is 0.271. The molecule has 8 nitrogen and oxygen atoms in total. The van der Waals surface area contributed by atoms with Gasteiger partial charge in [0, 0.05) is 23.6 Å². The third-order valence-electron chi connectivity index (χ3n) is 4.81. The molecule has 0 saturated heterocycles. The zero-order valence-electron chi connectivity index (χ0n) is 16.3. The van der Waals surface area contributed by atoms with Crippen LogP contribution in [0.3, 0.4) is 0 Å². The van der Waals surface area contributed by atoms with Crippen molar-refractivity contribution in [2.24, 2.45) is 0 Å². The molecule has 1 N–H and O–H groups in total. The largest absolute Gasteiger partial charge is 0.334 e. The minimum Gasteiger partial charge on any atom is -0.334 e. The molecule has 0 radical (unpaired) electrons. The summed E-state index contributed by atoms with van der Waals surface area (Å²) >= 11 is 6.12. The maximum Gasteiger partial charge on any atom is 0.274 e. The summed E-state index contributed by atoms with van der Waals surface area (Å²) in [6, 6.07) is 14.6. The van der Waals surface area contributed by atoms with E-state index in [0.717, 1.165) is 5.56 Å². The van der Waals surface area contributed by atoms with E-state index in [9.17, 15) is 4.79 Å². The number of nitrogens with one attached hydrogen (secondary N) is 1.